The molecule has 3 heterocycles. The van der Waals surface area contributed by atoms with Gasteiger partial charge in [-0.15, -0.1) is 0 Å². The fourth-order valence-corrected chi connectivity index (χ4v) is 8.17. The van der Waals surface area contributed by atoms with Crippen molar-refractivity contribution in [3.05, 3.63) is 194 Å². The first kappa shape index (κ1) is 30.3. The van der Waals surface area contributed by atoms with Crippen LogP contribution in [0.3, 0.4) is 0 Å². The Bertz CT molecular complexity index is 3140. The van der Waals surface area contributed by atoms with Crippen LogP contribution >= 0.6 is 0 Å². The summed E-state index contributed by atoms with van der Waals surface area (Å²) in [6.45, 7) is 0. The third-order valence-corrected chi connectivity index (χ3v) is 10.7. The van der Waals surface area contributed by atoms with E-state index in [4.69, 9.17) is 9.97 Å². The average Bonchev–Trinajstić information content (AvgIpc) is 3.75. The Kier molecular flexibility index (Phi) is 6.82. The van der Waals surface area contributed by atoms with Crippen molar-refractivity contribution in [1.82, 2.24) is 19.1 Å². The predicted molar refractivity (Wildman–Crippen MR) is 225 cm³/mol. The van der Waals surface area contributed by atoms with Gasteiger partial charge in [-0.05, 0) is 71.4 Å². The highest BCUT2D eigenvalue weighted by molar-refractivity contribution is 6.19. The highest BCUT2D eigenvalue weighted by Gasteiger charge is 2.19. The molecular weight excluding hydrogens is 657 g/mol. The molecule has 252 valence electrons. The molecule has 0 aliphatic heterocycles. The number of nitrogens with zero attached hydrogens (tertiary/aromatic N) is 4. The fourth-order valence-electron chi connectivity index (χ4n) is 8.17. The van der Waals surface area contributed by atoms with E-state index in [0.717, 1.165) is 44.8 Å². The van der Waals surface area contributed by atoms with Crippen molar-refractivity contribution < 1.29 is 0 Å². The summed E-state index contributed by atoms with van der Waals surface area (Å²) in [4.78, 5) is 10.1. The molecule has 0 aliphatic rings. The molecule has 0 spiro atoms. The van der Waals surface area contributed by atoms with Crippen LogP contribution in [0, 0.1) is 0 Å². The van der Waals surface area contributed by atoms with Crippen molar-refractivity contribution in [3.63, 3.8) is 0 Å². The van der Waals surface area contributed by atoms with Crippen molar-refractivity contribution in [3.8, 4) is 45.3 Å². The quantitative estimate of drug-likeness (QED) is 0.180. The van der Waals surface area contributed by atoms with E-state index in [1.807, 2.05) is 24.3 Å². The second-order valence-corrected chi connectivity index (χ2v) is 13.9. The van der Waals surface area contributed by atoms with Gasteiger partial charge < -0.3 is 9.13 Å². The number of rotatable bonds is 5. The molecule has 0 amide bonds. The predicted octanol–water partition coefficient (Wildman–Crippen LogP) is 12.8. The minimum atomic E-state index is 0.713. The molecule has 4 nitrogen and oxygen atoms in total. The zero-order valence-electron chi connectivity index (χ0n) is 29.3. The number of aromatic nitrogens is 4. The maximum absolute atomic E-state index is 5.12. The van der Waals surface area contributed by atoms with Crippen molar-refractivity contribution in [2.45, 2.75) is 0 Å². The van der Waals surface area contributed by atoms with Gasteiger partial charge in [-0.25, -0.2) is 9.97 Å². The van der Waals surface area contributed by atoms with Gasteiger partial charge >= 0.3 is 0 Å². The van der Waals surface area contributed by atoms with Gasteiger partial charge in [-0.3, -0.25) is 0 Å². The number of benzene rings is 8. The Hall–Kier alpha value is -7.30. The molecule has 0 N–H and O–H groups in total. The van der Waals surface area contributed by atoms with E-state index in [1.165, 1.54) is 49.0 Å². The smallest absolute Gasteiger partial charge is 0.160 e. The molecule has 54 heavy (non-hydrogen) atoms. The summed E-state index contributed by atoms with van der Waals surface area (Å²) in [5, 5.41) is 7.31. The first-order chi connectivity index (χ1) is 26.8. The lowest BCUT2D eigenvalue weighted by Crippen LogP contribution is -1.97. The fraction of sp³-hybridized carbons (Fsp3) is 0. The molecule has 11 aromatic rings. The molecule has 0 saturated carbocycles. The van der Waals surface area contributed by atoms with Crippen molar-refractivity contribution in [1.29, 1.82) is 0 Å². The molecular formula is C50H32N4. The molecule has 0 unspecified atom stereocenters. The molecule has 11 rings (SSSR count). The van der Waals surface area contributed by atoms with E-state index in [0.29, 0.717) is 5.82 Å². The number of para-hydroxylation sites is 3. The molecule has 0 radical (unpaired) electrons. The van der Waals surface area contributed by atoms with Crippen LogP contribution in [0.5, 0.6) is 0 Å². The van der Waals surface area contributed by atoms with Crippen LogP contribution in [-0.2, 0) is 0 Å². The molecule has 8 aromatic carbocycles. The normalized spacial score (nSPS) is 11.7. The Morgan fingerprint density at radius 1 is 0.296 bits per heavy atom. The number of hydrogen-bond acceptors (Lipinski definition) is 2. The van der Waals surface area contributed by atoms with Gasteiger partial charge in [0, 0.05) is 49.6 Å². The monoisotopic (exact) mass is 688 g/mol. The molecule has 0 saturated heterocycles. The standard InChI is InChI=1S/C50H32N4/c1-4-14-34(15-5-1)44-31-45(52-50(51-44)35-16-6-2-7-17-35)36-25-24-33-26-27-39(29-37(33)28-36)54-47-23-13-11-21-41(47)43-30-42-40-20-10-12-22-46(40)53(48(42)32-49(43)54)38-18-8-3-9-19-38/h1-32H. The molecule has 3 aromatic heterocycles. The van der Waals surface area contributed by atoms with E-state index in [1.54, 1.807) is 0 Å². The summed E-state index contributed by atoms with van der Waals surface area (Å²) in [7, 11) is 0. The lowest BCUT2D eigenvalue weighted by atomic mass is 10.0. The van der Waals surface area contributed by atoms with Gasteiger partial charge in [0.15, 0.2) is 5.82 Å². The van der Waals surface area contributed by atoms with E-state index in [9.17, 15) is 0 Å². The SMILES string of the molecule is c1ccc(-c2cc(-c3ccc4ccc(-n5c6ccccc6c6cc7c8ccccc8n(-c8ccccc8)c7cc65)cc4c3)nc(-c3ccccc3)n2)cc1. The third kappa shape index (κ3) is 4.85. The van der Waals surface area contributed by atoms with Crippen LogP contribution in [0.15, 0.2) is 194 Å². The zero-order valence-corrected chi connectivity index (χ0v) is 29.3. The van der Waals surface area contributed by atoms with Gasteiger partial charge in [0.05, 0.1) is 33.5 Å². The van der Waals surface area contributed by atoms with E-state index in [-0.39, 0.29) is 0 Å². The Morgan fingerprint density at radius 3 is 1.50 bits per heavy atom. The highest BCUT2D eigenvalue weighted by Crippen LogP contribution is 2.40. The first-order valence-electron chi connectivity index (χ1n) is 18.3. The average molecular weight is 689 g/mol. The lowest BCUT2D eigenvalue weighted by molar-refractivity contribution is 1.17. The molecule has 0 fully saturated rings. The van der Waals surface area contributed by atoms with Gasteiger partial charge in [0.2, 0.25) is 0 Å². The van der Waals surface area contributed by atoms with Gasteiger partial charge in [0.25, 0.3) is 0 Å². The van der Waals surface area contributed by atoms with Gasteiger partial charge in [0.1, 0.15) is 0 Å². The van der Waals surface area contributed by atoms with E-state index in [2.05, 4.69) is 179 Å². The Labute approximate surface area is 311 Å². The van der Waals surface area contributed by atoms with Crippen molar-refractivity contribution >= 4 is 54.4 Å². The summed E-state index contributed by atoms with van der Waals surface area (Å²) in [5.41, 5.74) is 11.9. The number of hydrogen-bond donors (Lipinski definition) is 0. The maximum atomic E-state index is 5.12. The van der Waals surface area contributed by atoms with Gasteiger partial charge in [-0.1, -0.05) is 133 Å². The summed E-state index contributed by atoms with van der Waals surface area (Å²) in [5.74, 6) is 0.713. The van der Waals surface area contributed by atoms with Crippen molar-refractivity contribution in [2.24, 2.45) is 0 Å². The Morgan fingerprint density at radius 2 is 0.833 bits per heavy atom. The molecule has 4 heteroatoms. The summed E-state index contributed by atoms with van der Waals surface area (Å²) in [6, 6.07) is 69.1. The largest absolute Gasteiger partial charge is 0.309 e. The summed E-state index contributed by atoms with van der Waals surface area (Å²) in [6.07, 6.45) is 0. The van der Waals surface area contributed by atoms with E-state index >= 15 is 0 Å². The lowest BCUT2D eigenvalue weighted by Gasteiger charge is -2.12. The van der Waals surface area contributed by atoms with Crippen LogP contribution in [0.25, 0.3) is 99.7 Å². The second-order valence-electron chi connectivity index (χ2n) is 13.9. The van der Waals surface area contributed by atoms with Crippen LogP contribution in [0.2, 0.25) is 0 Å². The van der Waals surface area contributed by atoms with Gasteiger partial charge in [-0.2, -0.15) is 0 Å². The van der Waals surface area contributed by atoms with Crippen LogP contribution in [0.4, 0.5) is 0 Å². The Balaban J connectivity index is 1.12. The van der Waals surface area contributed by atoms with Crippen LogP contribution in [-0.4, -0.2) is 19.1 Å². The van der Waals surface area contributed by atoms with Crippen LogP contribution in [0.1, 0.15) is 0 Å². The summed E-state index contributed by atoms with van der Waals surface area (Å²) < 4.78 is 4.82. The first-order valence-corrected chi connectivity index (χ1v) is 18.3. The molecule has 0 aliphatic carbocycles. The van der Waals surface area contributed by atoms with Crippen LogP contribution < -0.4 is 0 Å². The maximum Gasteiger partial charge on any atom is 0.160 e. The molecule has 0 bridgehead atoms. The minimum Gasteiger partial charge on any atom is -0.309 e. The minimum absolute atomic E-state index is 0.713. The third-order valence-electron chi connectivity index (χ3n) is 10.7. The number of fused-ring (bicyclic) bond motifs is 7. The topological polar surface area (TPSA) is 35.6 Å². The van der Waals surface area contributed by atoms with Crippen molar-refractivity contribution in [2.75, 3.05) is 0 Å². The molecule has 0 atom stereocenters. The second kappa shape index (κ2) is 12.1. The summed E-state index contributed by atoms with van der Waals surface area (Å²) >= 11 is 0. The zero-order chi connectivity index (χ0) is 35.6. The van der Waals surface area contributed by atoms with E-state index < -0.39 is 0 Å². The highest BCUT2D eigenvalue weighted by atomic mass is 15.0.